The van der Waals surface area contributed by atoms with E-state index >= 15 is 0 Å². The number of rotatable bonds is 3. The van der Waals surface area contributed by atoms with Crippen molar-refractivity contribution in [3.8, 4) is 22.8 Å². The highest BCUT2D eigenvalue weighted by Crippen LogP contribution is 2.44. The van der Waals surface area contributed by atoms with E-state index in [0.29, 0.717) is 15.7 Å². The van der Waals surface area contributed by atoms with Gasteiger partial charge in [0.05, 0.1) is 19.8 Å². The molecule has 0 atom stereocenters. The lowest BCUT2D eigenvalue weighted by molar-refractivity contribution is 0.338. The summed E-state index contributed by atoms with van der Waals surface area (Å²) in [7, 11) is 2.77. The van der Waals surface area contributed by atoms with Crippen LogP contribution >= 0.6 is 15.9 Å². The number of ether oxygens (including phenoxy) is 2. The van der Waals surface area contributed by atoms with Crippen molar-refractivity contribution in [2.75, 3.05) is 20.0 Å². The molecule has 1 aromatic carbocycles. The van der Waals surface area contributed by atoms with E-state index in [1.54, 1.807) is 0 Å². The molecule has 0 radical (unpaired) electrons. The van der Waals surface area contributed by atoms with Crippen molar-refractivity contribution in [2.24, 2.45) is 0 Å². The van der Waals surface area contributed by atoms with Gasteiger partial charge in [0.2, 0.25) is 5.88 Å². The zero-order valence-electron chi connectivity index (χ0n) is 9.66. The van der Waals surface area contributed by atoms with E-state index in [9.17, 15) is 4.39 Å². The van der Waals surface area contributed by atoms with Gasteiger partial charge in [-0.1, -0.05) is 5.16 Å². The van der Waals surface area contributed by atoms with Crippen molar-refractivity contribution in [1.82, 2.24) is 5.16 Å². The average Bonchev–Trinajstić information content (AvgIpc) is 2.74. The fourth-order valence-electron chi connectivity index (χ4n) is 1.61. The highest BCUT2D eigenvalue weighted by molar-refractivity contribution is 9.10. The Hall–Kier alpha value is -1.76. The van der Waals surface area contributed by atoms with Crippen LogP contribution in [0.3, 0.4) is 0 Å². The maximum Gasteiger partial charge on any atom is 0.222 e. The van der Waals surface area contributed by atoms with Crippen molar-refractivity contribution in [1.29, 1.82) is 0 Å². The first kappa shape index (κ1) is 12.7. The number of aromatic nitrogens is 1. The summed E-state index contributed by atoms with van der Waals surface area (Å²) in [5.41, 5.74) is 6.40. The molecule has 0 amide bonds. The number of nitrogens with zero attached hydrogens (tertiary/aromatic N) is 1. The maximum absolute atomic E-state index is 13.7. The molecule has 96 valence electrons. The van der Waals surface area contributed by atoms with E-state index in [1.807, 2.05) is 0 Å². The molecule has 7 heteroatoms. The van der Waals surface area contributed by atoms with Gasteiger partial charge < -0.3 is 19.7 Å². The minimum atomic E-state index is -0.540. The Morgan fingerprint density at radius 2 is 1.94 bits per heavy atom. The second kappa shape index (κ2) is 4.85. The topological polar surface area (TPSA) is 70.5 Å². The van der Waals surface area contributed by atoms with Gasteiger partial charge >= 0.3 is 0 Å². The molecule has 1 aromatic heterocycles. The van der Waals surface area contributed by atoms with Gasteiger partial charge in [0.1, 0.15) is 5.69 Å². The Kier molecular flexibility index (Phi) is 3.42. The molecule has 0 spiro atoms. The molecule has 1 heterocycles. The predicted octanol–water partition coefficient (Wildman–Crippen LogP) is 2.84. The zero-order chi connectivity index (χ0) is 13.3. The van der Waals surface area contributed by atoms with Gasteiger partial charge in [0, 0.05) is 10.5 Å². The summed E-state index contributed by atoms with van der Waals surface area (Å²) in [5.74, 6) is -0.168. The lowest BCUT2D eigenvalue weighted by atomic mass is 10.1. The Bertz CT molecular complexity index is 586. The van der Waals surface area contributed by atoms with Gasteiger partial charge in [0.15, 0.2) is 17.3 Å². The van der Waals surface area contributed by atoms with Crippen molar-refractivity contribution >= 4 is 21.8 Å². The summed E-state index contributed by atoms with van der Waals surface area (Å²) < 4.78 is 29.1. The van der Waals surface area contributed by atoms with Crippen LogP contribution in [0.15, 0.2) is 21.1 Å². The number of hydrogen-bond donors (Lipinski definition) is 1. The van der Waals surface area contributed by atoms with Gasteiger partial charge in [-0.3, -0.25) is 0 Å². The molecule has 18 heavy (non-hydrogen) atoms. The van der Waals surface area contributed by atoms with E-state index in [-0.39, 0.29) is 17.4 Å². The third-order valence-electron chi connectivity index (χ3n) is 2.34. The minimum absolute atomic E-state index is 0.00253. The van der Waals surface area contributed by atoms with E-state index in [0.717, 1.165) is 0 Å². The fourth-order valence-corrected chi connectivity index (χ4v) is 2.19. The molecule has 0 fully saturated rings. The van der Waals surface area contributed by atoms with Crippen LogP contribution in [0.4, 0.5) is 10.3 Å². The van der Waals surface area contributed by atoms with Crippen LogP contribution < -0.4 is 15.2 Å². The number of nitrogens with two attached hydrogens (primary N) is 1. The molecular weight excluding hydrogens is 307 g/mol. The van der Waals surface area contributed by atoms with Gasteiger partial charge in [-0.2, -0.15) is 0 Å². The Labute approximate surface area is 111 Å². The summed E-state index contributed by atoms with van der Waals surface area (Å²) in [5, 5.41) is 3.77. The van der Waals surface area contributed by atoms with Crippen molar-refractivity contribution < 1.29 is 18.4 Å². The quantitative estimate of drug-likeness (QED) is 0.942. The average molecular weight is 317 g/mol. The third kappa shape index (κ3) is 2.01. The van der Waals surface area contributed by atoms with E-state index in [1.165, 1.54) is 26.4 Å². The Balaban J connectivity index is 2.73. The SMILES string of the molecule is COc1c(F)cc(Br)c(-c2cc(N)on2)c1OC. The molecule has 2 rings (SSSR count). The van der Waals surface area contributed by atoms with Crippen LogP contribution in [0.5, 0.6) is 11.5 Å². The highest BCUT2D eigenvalue weighted by Gasteiger charge is 2.22. The largest absolute Gasteiger partial charge is 0.492 e. The van der Waals surface area contributed by atoms with Crippen molar-refractivity contribution in [3.05, 3.63) is 22.4 Å². The number of benzene rings is 1. The number of nitrogen functional groups attached to an aromatic ring is 1. The first-order valence-electron chi connectivity index (χ1n) is 4.91. The molecule has 2 N–H and O–H groups in total. The summed E-state index contributed by atoms with van der Waals surface area (Å²) in [6, 6.07) is 2.78. The molecular formula is C11H10BrFN2O3. The molecule has 0 aliphatic carbocycles. The van der Waals surface area contributed by atoms with Crippen LogP contribution in [-0.2, 0) is 0 Å². The van der Waals surface area contributed by atoms with E-state index < -0.39 is 5.82 Å². The normalized spacial score (nSPS) is 10.4. The summed E-state index contributed by atoms with van der Waals surface area (Å²) >= 11 is 3.25. The van der Waals surface area contributed by atoms with Crippen LogP contribution in [0.2, 0.25) is 0 Å². The Morgan fingerprint density at radius 3 is 2.44 bits per heavy atom. The monoisotopic (exact) mass is 316 g/mol. The Morgan fingerprint density at radius 1 is 1.28 bits per heavy atom. The lowest BCUT2D eigenvalue weighted by Crippen LogP contribution is -1.97. The zero-order valence-corrected chi connectivity index (χ0v) is 11.2. The fraction of sp³-hybridized carbons (Fsp3) is 0.182. The van der Waals surface area contributed by atoms with E-state index in [4.69, 9.17) is 19.7 Å². The first-order chi connectivity index (χ1) is 8.58. The van der Waals surface area contributed by atoms with Gasteiger partial charge in [-0.15, -0.1) is 0 Å². The van der Waals surface area contributed by atoms with Crippen LogP contribution in [-0.4, -0.2) is 19.4 Å². The van der Waals surface area contributed by atoms with Gasteiger partial charge in [-0.05, 0) is 22.0 Å². The lowest BCUT2D eigenvalue weighted by Gasteiger charge is -2.13. The minimum Gasteiger partial charge on any atom is -0.492 e. The molecule has 0 saturated carbocycles. The van der Waals surface area contributed by atoms with Crippen molar-refractivity contribution in [2.45, 2.75) is 0 Å². The molecule has 5 nitrogen and oxygen atoms in total. The molecule has 2 aromatic rings. The third-order valence-corrected chi connectivity index (χ3v) is 2.96. The molecule has 0 saturated heterocycles. The van der Waals surface area contributed by atoms with Gasteiger partial charge in [0.25, 0.3) is 0 Å². The van der Waals surface area contributed by atoms with Crippen LogP contribution in [0.1, 0.15) is 0 Å². The van der Waals surface area contributed by atoms with Crippen LogP contribution in [0.25, 0.3) is 11.3 Å². The summed E-state index contributed by atoms with van der Waals surface area (Å²) in [6.45, 7) is 0. The second-order valence-electron chi connectivity index (χ2n) is 3.40. The second-order valence-corrected chi connectivity index (χ2v) is 4.25. The highest BCUT2D eigenvalue weighted by atomic mass is 79.9. The number of halogens is 2. The number of anilines is 1. The van der Waals surface area contributed by atoms with Gasteiger partial charge in [-0.25, -0.2) is 4.39 Å². The van der Waals surface area contributed by atoms with E-state index in [2.05, 4.69) is 21.1 Å². The van der Waals surface area contributed by atoms with Crippen LogP contribution in [0, 0.1) is 5.82 Å². The summed E-state index contributed by atoms with van der Waals surface area (Å²) in [4.78, 5) is 0. The molecule has 0 aliphatic heterocycles. The number of hydrogen-bond acceptors (Lipinski definition) is 5. The number of methoxy groups -OCH3 is 2. The first-order valence-corrected chi connectivity index (χ1v) is 5.70. The summed E-state index contributed by atoms with van der Waals surface area (Å²) in [6.07, 6.45) is 0. The van der Waals surface area contributed by atoms with Crippen molar-refractivity contribution in [3.63, 3.8) is 0 Å². The molecule has 0 bridgehead atoms. The molecule has 0 aliphatic rings. The standard InChI is InChI=1S/C11H10BrFN2O3/c1-16-10-6(13)3-5(12)9(11(10)17-2)7-4-8(14)18-15-7/h3-4H,14H2,1-2H3. The molecule has 0 unspecified atom stereocenters. The smallest absolute Gasteiger partial charge is 0.222 e. The predicted molar refractivity (Wildman–Crippen MR) is 67.1 cm³/mol. The maximum atomic E-state index is 13.7.